The number of aryl methyl sites for hydroxylation is 1. The molecule has 0 radical (unpaired) electrons. The molecule has 1 fully saturated rings. The van der Waals surface area contributed by atoms with E-state index in [1.54, 1.807) is 48.8 Å². The maximum Gasteiger partial charge on any atom is 0.369 e. The normalized spacial score (nSPS) is 14.2. The number of anilines is 4. The third kappa shape index (κ3) is 8.92. The largest absolute Gasteiger partial charge is 0.494 e. The molecule has 2 aromatic heterocycles. The number of hydrazine groups is 1. The number of ether oxygens (including phenoxy) is 2. The summed E-state index contributed by atoms with van der Waals surface area (Å²) in [6.45, 7) is 6.11. The van der Waals surface area contributed by atoms with Gasteiger partial charge in [0.05, 0.1) is 43.1 Å². The topological polar surface area (TPSA) is 242 Å². The summed E-state index contributed by atoms with van der Waals surface area (Å²) in [4.78, 5) is 15.0. The quantitative estimate of drug-likeness (QED) is 0.0720. The Bertz CT molecular complexity index is 1430. The molecule has 0 saturated carbocycles. The number of carbonyl (C=O) groups excluding carboxylic acids is 1. The number of morpholine rings is 1. The van der Waals surface area contributed by atoms with Crippen LogP contribution in [0.2, 0.25) is 0 Å². The number of amides is 1. The van der Waals surface area contributed by atoms with Crippen molar-refractivity contribution in [3.05, 3.63) is 59.5 Å². The molecule has 0 bridgehead atoms. The van der Waals surface area contributed by atoms with E-state index in [4.69, 9.17) is 21.1 Å². The number of aromatic nitrogens is 4. The summed E-state index contributed by atoms with van der Waals surface area (Å²) in [5.74, 6) is 5.92. The van der Waals surface area contributed by atoms with Crippen molar-refractivity contribution < 1.29 is 29.6 Å². The van der Waals surface area contributed by atoms with Crippen LogP contribution in [0.25, 0.3) is 5.70 Å². The first kappa shape index (κ1) is 31.3. The van der Waals surface area contributed by atoms with Crippen LogP contribution in [-0.4, -0.2) is 104 Å². The summed E-state index contributed by atoms with van der Waals surface area (Å²) < 4.78 is 11.0. The van der Waals surface area contributed by atoms with Crippen molar-refractivity contribution >= 4 is 34.6 Å². The zero-order valence-electron chi connectivity index (χ0n) is 23.7. The first-order chi connectivity index (χ1) is 20.5. The van der Waals surface area contributed by atoms with Gasteiger partial charge in [-0.15, -0.1) is 15.3 Å². The molecule has 1 amide bonds. The van der Waals surface area contributed by atoms with E-state index in [9.17, 15) is 20.1 Å². The minimum absolute atomic E-state index is 0.0586. The number of nitrogens with two attached hydrogens (primary N) is 2. The molecule has 0 aliphatic carbocycles. The Balaban J connectivity index is 1.61. The van der Waals surface area contributed by atoms with E-state index in [2.05, 4.69) is 35.9 Å². The fraction of sp³-hybridized carbons (Fsp3) is 0.346. The second-order valence-electron chi connectivity index (χ2n) is 9.55. The lowest BCUT2D eigenvalue weighted by atomic mass is 10.1. The Kier molecular flexibility index (Phi) is 10.2. The van der Waals surface area contributed by atoms with Crippen molar-refractivity contribution in [1.82, 2.24) is 35.6 Å². The van der Waals surface area contributed by atoms with Crippen LogP contribution in [0.15, 0.2) is 42.6 Å². The Hall–Kier alpha value is -4.65. The van der Waals surface area contributed by atoms with Crippen molar-refractivity contribution in [2.75, 3.05) is 57.1 Å². The van der Waals surface area contributed by atoms with Gasteiger partial charge in [0, 0.05) is 44.0 Å². The molecular formula is C26H35N11O6. The van der Waals surface area contributed by atoms with E-state index in [-0.39, 0.29) is 17.2 Å². The molecule has 0 spiro atoms. The number of para-hydroxylation sites is 1. The molecule has 4 rings (SSSR count). The highest BCUT2D eigenvalue weighted by Gasteiger charge is 2.26. The molecule has 3 aromatic rings. The van der Waals surface area contributed by atoms with Crippen molar-refractivity contribution in [2.24, 2.45) is 11.6 Å². The molecule has 1 saturated heterocycles. The van der Waals surface area contributed by atoms with Gasteiger partial charge in [-0.1, -0.05) is 6.07 Å². The Labute approximate surface area is 247 Å². The van der Waals surface area contributed by atoms with Crippen molar-refractivity contribution in [3.63, 3.8) is 0 Å². The van der Waals surface area contributed by atoms with E-state index < -0.39 is 12.0 Å². The molecule has 1 aliphatic rings. The molecule has 17 nitrogen and oxygen atoms in total. The van der Waals surface area contributed by atoms with Gasteiger partial charge in [0.1, 0.15) is 0 Å². The third-order valence-corrected chi connectivity index (χ3v) is 6.23. The fourth-order valence-corrected chi connectivity index (χ4v) is 4.15. The monoisotopic (exact) mass is 597 g/mol. The molecule has 10 N–H and O–H groups in total. The highest BCUT2D eigenvalue weighted by molar-refractivity contribution is 5.99. The zero-order valence-corrected chi connectivity index (χ0v) is 23.7. The SMILES string of the molecule is COc1c(Nc2cc(Nc3ccc(C)nn3)nnc2C(=O)NC(O)(O)O)cccc1/C(N)=C/N(N)CCN1CCOCC1. The average molecular weight is 598 g/mol. The molecule has 3 heterocycles. The van der Waals surface area contributed by atoms with Gasteiger partial charge in [0.25, 0.3) is 5.91 Å². The van der Waals surface area contributed by atoms with Gasteiger partial charge in [-0.25, -0.2) is 5.84 Å². The van der Waals surface area contributed by atoms with Gasteiger partial charge >= 0.3 is 6.10 Å². The summed E-state index contributed by atoms with van der Waals surface area (Å²) in [6.07, 6.45) is -1.89. The van der Waals surface area contributed by atoms with Crippen molar-refractivity contribution in [2.45, 2.75) is 13.0 Å². The number of aliphatic hydroxyl groups is 3. The van der Waals surface area contributed by atoms with Gasteiger partial charge in [0.2, 0.25) is 0 Å². The fourth-order valence-electron chi connectivity index (χ4n) is 4.15. The lowest BCUT2D eigenvalue weighted by Gasteiger charge is -2.28. The van der Waals surface area contributed by atoms with Gasteiger partial charge in [0.15, 0.2) is 23.1 Å². The predicted octanol–water partition coefficient (Wildman–Crippen LogP) is -0.846. The van der Waals surface area contributed by atoms with Crippen molar-refractivity contribution in [1.29, 1.82) is 0 Å². The minimum atomic E-state index is -3.49. The van der Waals surface area contributed by atoms with Crippen LogP contribution >= 0.6 is 0 Å². The molecule has 1 aliphatic heterocycles. The highest BCUT2D eigenvalue weighted by Crippen LogP contribution is 2.35. The number of nitrogens with one attached hydrogen (secondary N) is 3. The highest BCUT2D eigenvalue weighted by atomic mass is 16.7. The summed E-state index contributed by atoms with van der Waals surface area (Å²) in [5.41, 5.74) is 8.01. The maximum atomic E-state index is 12.7. The Morgan fingerprint density at radius 2 is 1.84 bits per heavy atom. The van der Waals surface area contributed by atoms with Crippen LogP contribution in [0.4, 0.5) is 23.0 Å². The molecule has 1 aromatic carbocycles. The molecule has 0 unspecified atom stereocenters. The van der Waals surface area contributed by atoms with Crippen LogP contribution in [0.1, 0.15) is 21.7 Å². The average Bonchev–Trinajstić information content (AvgIpc) is 2.97. The first-order valence-electron chi connectivity index (χ1n) is 13.2. The van der Waals surface area contributed by atoms with Crippen LogP contribution < -0.4 is 32.3 Å². The van der Waals surface area contributed by atoms with E-state index in [0.717, 1.165) is 19.6 Å². The molecular weight excluding hydrogens is 562 g/mol. The summed E-state index contributed by atoms with van der Waals surface area (Å²) in [6, 6.07) is 9.97. The number of benzene rings is 1. The number of hydrogen-bond acceptors (Lipinski definition) is 16. The second-order valence-corrected chi connectivity index (χ2v) is 9.55. The van der Waals surface area contributed by atoms with Crippen LogP contribution in [-0.2, 0) is 4.74 Å². The Morgan fingerprint density at radius 3 is 2.51 bits per heavy atom. The Morgan fingerprint density at radius 1 is 1.09 bits per heavy atom. The van der Waals surface area contributed by atoms with Gasteiger partial charge in [-0.3, -0.25) is 15.0 Å². The summed E-state index contributed by atoms with van der Waals surface area (Å²) >= 11 is 0. The van der Waals surface area contributed by atoms with E-state index in [1.807, 2.05) is 0 Å². The standard InChI is InChI=1S/C26H35N11O6/c1-16-6-7-21(33-32-16)30-22-14-20(23(35-34-22)25(38)31-26(39,40)41)29-19-5-3-4-17(24(19)42-2)18(27)15-37(28)9-8-36-10-12-43-13-11-36/h3-7,14-15,39-41H,8-13,27-28H2,1-2H3,(H,31,38)(H2,29,30,33,34)/b18-15-. The summed E-state index contributed by atoms with van der Waals surface area (Å²) in [7, 11) is 1.45. The van der Waals surface area contributed by atoms with E-state index in [1.165, 1.54) is 18.2 Å². The van der Waals surface area contributed by atoms with Crippen LogP contribution in [0.3, 0.4) is 0 Å². The van der Waals surface area contributed by atoms with Crippen molar-refractivity contribution in [3.8, 4) is 5.75 Å². The van der Waals surface area contributed by atoms with Crippen LogP contribution in [0.5, 0.6) is 5.75 Å². The number of rotatable bonds is 12. The van der Waals surface area contributed by atoms with E-state index >= 15 is 0 Å². The van der Waals surface area contributed by atoms with Gasteiger partial charge < -0.3 is 46.2 Å². The number of nitrogens with zero attached hydrogens (tertiary/aromatic N) is 6. The van der Waals surface area contributed by atoms with Gasteiger partial charge in [-0.05, 0) is 31.2 Å². The van der Waals surface area contributed by atoms with Crippen LogP contribution in [0, 0.1) is 6.92 Å². The first-order valence-corrected chi connectivity index (χ1v) is 13.2. The molecule has 17 heteroatoms. The number of hydrogen-bond donors (Lipinski definition) is 8. The molecule has 43 heavy (non-hydrogen) atoms. The third-order valence-electron chi connectivity index (χ3n) is 6.23. The lowest BCUT2D eigenvalue weighted by molar-refractivity contribution is -0.323. The molecule has 0 atom stereocenters. The predicted molar refractivity (Wildman–Crippen MR) is 156 cm³/mol. The second kappa shape index (κ2) is 14.0. The maximum absolute atomic E-state index is 12.7. The smallest absolute Gasteiger partial charge is 0.369 e. The number of methoxy groups -OCH3 is 1. The minimum Gasteiger partial charge on any atom is -0.494 e. The van der Waals surface area contributed by atoms with E-state index in [0.29, 0.717) is 54.0 Å². The lowest BCUT2D eigenvalue weighted by Crippen LogP contribution is -2.48. The molecule has 230 valence electrons. The number of carbonyl (C=O) groups is 1. The zero-order chi connectivity index (χ0) is 31.0. The van der Waals surface area contributed by atoms with Gasteiger partial charge in [-0.2, -0.15) is 5.10 Å². The summed E-state index contributed by atoms with van der Waals surface area (Å²) in [5, 5.41) is 52.8.